The molecule has 1 aliphatic rings. The predicted octanol–water partition coefficient (Wildman–Crippen LogP) is 1.03. The molecule has 0 aliphatic carbocycles. The number of nitrogens with zero attached hydrogens (tertiary/aromatic N) is 2. The number of benzene rings is 1. The van der Waals surface area contributed by atoms with E-state index < -0.39 is 10.0 Å². The van der Waals surface area contributed by atoms with Gasteiger partial charge in [-0.3, -0.25) is 0 Å². The van der Waals surface area contributed by atoms with Crippen molar-refractivity contribution in [2.45, 2.75) is 11.3 Å². The highest BCUT2D eigenvalue weighted by molar-refractivity contribution is 7.89. The van der Waals surface area contributed by atoms with Gasteiger partial charge in [0.2, 0.25) is 10.0 Å². The van der Waals surface area contributed by atoms with E-state index in [4.69, 9.17) is 9.47 Å². The molecular weight excluding hydrogens is 292 g/mol. The Morgan fingerprint density at radius 2 is 1.81 bits per heavy atom. The minimum Gasteiger partial charge on any atom is -0.497 e. The molecule has 0 bridgehead atoms. The number of ether oxygens (including phenoxy) is 2. The maximum Gasteiger partial charge on any atom is 0.246 e. The molecule has 0 aromatic heterocycles. The zero-order valence-corrected chi connectivity index (χ0v) is 13.5. The number of hydrogen-bond acceptors (Lipinski definition) is 5. The summed E-state index contributed by atoms with van der Waals surface area (Å²) in [6.45, 7) is 2.64. The molecule has 6 nitrogen and oxygen atoms in total. The summed E-state index contributed by atoms with van der Waals surface area (Å²) in [5, 5.41) is 0. The van der Waals surface area contributed by atoms with Crippen molar-refractivity contribution >= 4 is 10.0 Å². The van der Waals surface area contributed by atoms with E-state index in [1.165, 1.54) is 24.6 Å². The molecule has 2 rings (SSSR count). The molecule has 0 N–H and O–H groups in total. The molecule has 1 aromatic carbocycles. The van der Waals surface area contributed by atoms with E-state index in [1.54, 1.807) is 12.1 Å². The lowest BCUT2D eigenvalue weighted by Crippen LogP contribution is -2.34. The second-order valence-corrected chi connectivity index (χ2v) is 6.98. The molecular formula is C14H22N2O4S. The van der Waals surface area contributed by atoms with Crippen LogP contribution in [0.2, 0.25) is 0 Å². The van der Waals surface area contributed by atoms with Gasteiger partial charge >= 0.3 is 0 Å². The minimum absolute atomic E-state index is 0.161. The molecule has 1 aromatic rings. The zero-order valence-electron chi connectivity index (χ0n) is 12.7. The number of likely N-dealkylation sites (N-methyl/N-ethyl adjacent to an activating group) is 1. The van der Waals surface area contributed by atoms with Crippen molar-refractivity contribution < 1.29 is 17.9 Å². The Morgan fingerprint density at radius 1 is 1.05 bits per heavy atom. The van der Waals surface area contributed by atoms with Crippen molar-refractivity contribution in [2.24, 2.45) is 0 Å². The predicted molar refractivity (Wildman–Crippen MR) is 80.4 cm³/mol. The fourth-order valence-electron chi connectivity index (χ4n) is 2.39. The molecule has 0 unspecified atom stereocenters. The van der Waals surface area contributed by atoms with Crippen LogP contribution in [0.25, 0.3) is 0 Å². The maximum atomic E-state index is 12.9. The highest BCUT2D eigenvalue weighted by Gasteiger charge is 2.29. The summed E-state index contributed by atoms with van der Waals surface area (Å²) >= 11 is 0. The van der Waals surface area contributed by atoms with E-state index in [9.17, 15) is 8.42 Å². The lowest BCUT2D eigenvalue weighted by molar-refractivity contribution is 0.346. The van der Waals surface area contributed by atoms with Gasteiger partial charge in [-0.1, -0.05) is 0 Å². The quantitative estimate of drug-likeness (QED) is 0.831. The van der Waals surface area contributed by atoms with E-state index in [2.05, 4.69) is 4.90 Å². The Labute approximate surface area is 126 Å². The molecule has 21 heavy (non-hydrogen) atoms. The highest BCUT2D eigenvalue weighted by Crippen LogP contribution is 2.30. The third-order valence-corrected chi connectivity index (χ3v) is 5.59. The standard InChI is InChI=1S/C14H22N2O4S/c1-15-7-4-8-16(10-9-15)21(17,18)14-11-12(19-2)5-6-13(14)20-3/h5-6,11H,4,7-10H2,1-3H3. The Morgan fingerprint density at radius 3 is 2.48 bits per heavy atom. The van der Waals surface area contributed by atoms with Crippen molar-refractivity contribution in [3.63, 3.8) is 0 Å². The van der Waals surface area contributed by atoms with Gasteiger partial charge in [-0.2, -0.15) is 4.31 Å². The van der Waals surface area contributed by atoms with Gasteiger partial charge < -0.3 is 14.4 Å². The average Bonchev–Trinajstić information content (AvgIpc) is 2.71. The largest absolute Gasteiger partial charge is 0.497 e. The van der Waals surface area contributed by atoms with Crippen molar-refractivity contribution in [1.82, 2.24) is 9.21 Å². The normalized spacial score (nSPS) is 18.2. The summed E-state index contributed by atoms with van der Waals surface area (Å²) in [6.07, 6.45) is 0.821. The first-order valence-electron chi connectivity index (χ1n) is 6.89. The van der Waals surface area contributed by atoms with Crippen molar-refractivity contribution in [3.05, 3.63) is 18.2 Å². The summed E-state index contributed by atoms with van der Waals surface area (Å²) in [5.41, 5.74) is 0. The van der Waals surface area contributed by atoms with E-state index in [0.29, 0.717) is 24.6 Å². The molecule has 1 saturated heterocycles. The van der Waals surface area contributed by atoms with Crippen molar-refractivity contribution in [3.8, 4) is 11.5 Å². The molecule has 1 fully saturated rings. The van der Waals surface area contributed by atoms with Crippen molar-refractivity contribution in [2.75, 3.05) is 47.4 Å². The molecule has 0 atom stereocenters. The van der Waals surface area contributed by atoms with Crippen LogP contribution < -0.4 is 9.47 Å². The van der Waals surface area contributed by atoms with Crippen LogP contribution >= 0.6 is 0 Å². The van der Waals surface area contributed by atoms with Crippen LogP contribution in [-0.4, -0.2) is 65.1 Å². The van der Waals surface area contributed by atoms with Gasteiger partial charge in [0.1, 0.15) is 16.4 Å². The third kappa shape index (κ3) is 3.48. The van der Waals surface area contributed by atoms with Crippen LogP contribution in [0, 0.1) is 0 Å². The second-order valence-electron chi connectivity index (χ2n) is 5.08. The first-order chi connectivity index (χ1) is 9.98. The third-order valence-electron chi connectivity index (χ3n) is 3.67. The first kappa shape index (κ1) is 16.1. The van der Waals surface area contributed by atoms with Crippen LogP contribution in [0.4, 0.5) is 0 Å². The van der Waals surface area contributed by atoms with Gasteiger partial charge in [0.25, 0.3) is 0 Å². The summed E-state index contributed by atoms with van der Waals surface area (Å²) in [6, 6.07) is 4.83. The van der Waals surface area contributed by atoms with Gasteiger partial charge in [-0.25, -0.2) is 8.42 Å². The van der Waals surface area contributed by atoms with E-state index in [-0.39, 0.29) is 4.90 Å². The minimum atomic E-state index is -3.58. The average molecular weight is 314 g/mol. The molecule has 118 valence electrons. The fourth-order valence-corrected chi connectivity index (χ4v) is 4.03. The smallest absolute Gasteiger partial charge is 0.246 e. The van der Waals surface area contributed by atoms with E-state index in [0.717, 1.165) is 19.5 Å². The van der Waals surface area contributed by atoms with Gasteiger partial charge in [0.05, 0.1) is 14.2 Å². The Kier molecular flexibility index (Phi) is 5.08. The Hall–Kier alpha value is -1.31. The Balaban J connectivity index is 2.38. The summed E-state index contributed by atoms with van der Waals surface area (Å²) in [7, 11) is 1.40. The number of hydrogen-bond donors (Lipinski definition) is 0. The van der Waals surface area contributed by atoms with Crippen LogP contribution in [0.1, 0.15) is 6.42 Å². The molecule has 0 amide bonds. The molecule has 1 heterocycles. The van der Waals surface area contributed by atoms with Gasteiger partial charge in [-0.15, -0.1) is 0 Å². The lowest BCUT2D eigenvalue weighted by Gasteiger charge is -2.21. The summed E-state index contributed by atoms with van der Waals surface area (Å²) in [4.78, 5) is 2.30. The zero-order chi connectivity index (χ0) is 15.5. The van der Waals surface area contributed by atoms with Crippen LogP contribution in [0.5, 0.6) is 11.5 Å². The number of sulfonamides is 1. The van der Waals surface area contributed by atoms with Crippen LogP contribution in [-0.2, 0) is 10.0 Å². The molecule has 1 aliphatic heterocycles. The first-order valence-corrected chi connectivity index (χ1v) is 8.33. The lowest BCUT2D eigenvalue weighted by atomic mass is 10.3. The van der Waals surface area contributed by atoms with Gasteiger partial charge in [0.15, 0.2) is 0 Å². The van der Waals surface area contributed by atoms with Gasteiger partial charge in [-0.05, 0) is 32.1 Å². The monoisotopic (exact) mass is 314 g/mol. The Bertz CT molecular complexity index is 589. The van der Waals surface area contributed by atoms with Crippen LogP contribution in [0.3, 0.4) is 0 Å². The molecule has 0 saturated carbocycles. The van der Waals surface area contributed by atoms with E-state index >= 15 is 0 Å². The maximum absolute atomic E-state index is 12.9. The van der Waals surface area contributed by atoms with E-state index in [1.807, 2.05) is 7.05 Å². The number of rotatable bonds is 4. The fraction of sp³-hybridized carbons (Fsp3) is 0.571. The number of methoxy groups -OCH3 is 2. The highest BCUT2D eigenvalue weighted by atomic mass is 32.2. The molecule has 7 heteroatoms. The summed E-state index contributed by atoms with van der Waals surface area (Å²) in [5.74, 6) is 0.842. The molecule has 0 spiro atoms. The van der Waals surface area contributed by atoms with Crippen LogP contribution in [0.15, 0.2) is 23.1 Å². The topological polar surface area (TPSA) is 59.1 Å². The second kappa shape index (κ2) is 6.64. The molecule has 0 radical (unpaired) electrons. The summed E-state index contributed by atoms with van der Waals surface area (Å²) < 4.78 is 37.6. The van der Waals surface area contributed by atoms with Gasteiger partial charge in [0, 0.05) is 25.7 Å². The van der Waals surface area contributed by atoms with Crippen molar-refractivity contribution in [1.29, 1.82) is 0 Å². The SMILES string of the molecule is COc1ccc(OC)c(S(=O)(=O)N2CCCN(C)CC2)c1.